The molecule has 0 spiro atoms. The average molecular weight is 293 g/mol. The van der Waals surface area contributed by atoms with E-state index in [0.717, 1.165) is 30.8 Å². The van der Waals surface area contributed by atoms with Gasteiger partial charge in [0.05, 0.1) is 20.3 Å². The molecule has 1 aromatic carbocycles. The molecule has 1 fully saturated rings. The molecule has 2 N–H and O–H groups in total. The van der Waals surface area contributed by atoms with Crippen molar-refractivity contribution in [2.75, 3.05) is 20.3 Å². The van der Waals surface area contributed by atoms with Gasteiger partial charge in [0.25, 0.3) is 0 Å². The summed E-state index contributed by atoms with van der Waals surface area (Å²) in [5.41, 5.74) is -0.147. The molecule has 1 aliphatic rings. The number of methoxy groups -OCH3 is 1. The first-order valence-corrected chi connectivity index (χ1v) is 7.81. The van der Waals surface area contributed by atoms with Gasteiger partial charge in [0.2, 0.25) is 0 Å². The number of hydrogen-bond donors (Lipinski definition) is 2. The van der Waals surface area contributed by atoms with Crippen LogP contribution in [0.25, 0.3) is 0 Å². The molecule has 118 valence electrons. The van der Waals surface area contributed by atoms with E-state index in [9.17, 15) is 5.11 Å². The van der Waals surface area contributed by atoms with Gasteiger partial charge in [-0.15, -0.1) is 0 Å². The molecule has 0 amide bonds. The van der Waals surface area contributed by atoms with E-state index < -0.39 is 0 Å². The van der Waals surface area contributed by atoms with Crippen molar-refractivity contribution in [2.45, 2.75) is 50.6 Å². The Morgan fingerprint density at radius 3 is 2.57 bits per heavy atom. The molecule has 2 rings (SSSR count). The zero-order chi connectivity index (χ0) is 15.1. The minimum Gasteiger partial charge on any atom is -0.493 e. The zero-order valence-corrected chi connectivity index (χ0v) is 13.1. The number of aliphatic hydroxyl groups is 1. The average Bonchev–Trinajstić information content (AvgIpc) is 3.31. The monoisotopic (exact) mass is 293 g/mol. The molecule has 0 bridgehead atoms. The largest absolute Gasteiger partial charge is 0.493 e. The minimum absolute atomic E-state index is 0.147. The molecule has 0 heterocycles. The summed E-state index contributed by atoms with van der Waals surface area (Å²) in [6.07, 6.45) is 5.46. The molecular formula is C17H27NO3. The summed E-state index contributed by atoms with van der Waals surface area (Å²) < 4.78 is 11.0. The van der Waals surface area contributed by atoms with Crippen LogP contribution in [0.5, 0.6) is 11.5 Å². The third-order valence-electron chi connectivity index (χ3n) is 3.93. The fourth-order valence-electron chi connectivity index (χ4n) is 2.45. The Kier molecular flexibility index (Phi) is 5.88. The molecule has 1 aromatic rings. The molecule has 1 aliphatic carbocycles. The summed E-state index contributed by atoms with van der Waals surface area (Å²) in [7, 11) is 1.65. The van der Waals surface area contributed by atoms with E-state index in [4.69, 9.17) is 9.47 Å². The number of para-hydroxylation sites is 2. The van der Waals surface area contributed by atoms with Crippen molar-refractivity contribution in [2.24, 2.45) is 0 Å². The lowest BCUT2D eigenvalue weighted by molar-refractivity contribution is 0.158. The van der Waals surface area contributed by atoms with Crippen LogP contribution in [0, 0.1) is 0 Å². The molecule has 21 heavy (non-hydrogen) atoms. The zero-order valence-electron chi connectivity index (χ0n) is 13.1. The van der Waals surface area contributed by atoms with Crippen LogP contribution < -0.4 is 14.8 Å². The first-order valence-electron chi connectivity index (χ1n) is 7.81. The molecule has 1 unspecified atom stereocenters. The normalized spacial score (nSPS) is 17.3. The Labute approximate surface area is 127 Å². The lowest BCUT2D eigenvalue weighted by Gasteiger charge is -2.29. The molecular weight excluding hydrogens is 266 g/mol. The summed E-state index contributed by atoms with van der Waals surface area (Å²) in [6.45, 7) is 2.97. The van der Waals surface area contributed by atoms with E-state index in [1.165, 1.54) is 12.8 Å². The number of ether oxygens (including phenoxy) is 2. The molecule has 4 nitrogen and oxygen atoms in total. The summed E-state index contributed by atoms with van der Waals surface area (Å²) in [6, 6.07) is 8.32. The number of nitrogens with one attached hydrogen (secondary N) is 1. The topological polar surface area (TPSA) is 50.7 Å². The number of unbranched alkanes of at least 4 members (excludes halogenated alkanes) is 1. The van der Waals surface area contributed by atoms with Gasteiger partial charge in [0.15, 0.2) is 11.5 Å². The van der Waals surface area contributed by atoms with Gasteiger partial charge in [-0.3, -0.25) is 0 Å². The maximum atomic E-state index is 9.55. The highest BCUT2D eigenvalue weighted by molar-refractivity contribution is 5.39. The van der Waals surface area contributed by atoms with Gasteiger partial charge in [-0.1, -0.05) is 12.1 Å². The highest BCUT2D eigenvalue weighted by Crippen LogP contribution is 2.27. The molecule has 0 aliphatic heterocycles. The van der Waals surface area contributed by atoms with Crippen molar-refractivity contribution in [1.82, 2.24) is 5.32 Å². The molecule has 1 saturated carbocycles. The van der Waals surface area contributed by atoms with E-state index in [1.807, 2.05) is 24.3 Å². The van der Waals surface area contributed by atoms with Crippen LogP contribution in [-0.4, -0.2) is 37.0 Å². The van der Waals surface area contributed by atoms with Crippen molar-refractivity contribution < 1.29 is 14.6 Å². The third-order valence-corrected chi connectivity index (χ3v) is 3.93. The lowest BCUT2D eigenvalue weighted by atomic mass is 9.95. The van der Waals surface area contributed by atoms with Crippen LogP contribution >= 0.6 is 0 Å². The maximum absolute atomic E-state index is 9.55. The lowest BCUT2D eigenvalue weighted by Crippen LogP contribution is -2.46. The summed E-state index contributed by atoms with van der Waals surface area (Å²) in [4.78, 5) is 0. The predicted molar refractivity (Wildman–Crippen MR) is 84.0 cm³/mol. The van der Waals surface area contributed by atoms with Crippen molar-refractivity contribution in [1.29, 1.82) is 0 Å². The Morgan fingerprint density at radius 1 is 1.24 bits per heavy atom. The fraction of sp³-hybridized carbons (Fsp3) is 0.647. The number of aliphatic hydroxyl groups excluding tert-OH is 1. The van der Waals surface area contributed by atoms with Gasteiger partial charge < -0.3 is 19.9 Å². The van der Waals surface area contributed by atoms with E-state index in [0.29, 0.717) is 12.6 Å². The van der Waals surface area contributed by atoms with Crippen molar-refractivity contribution in [3.05, 3.63) is 24.3 Å². The summed E-state index contributed by atoms with van der Waals surface area (Å²) in [5, 5.41) is 13.1. The quantitative estimate of drug-likeness (QED) is 0.651. The fourth-order valence-corrected chi connectivity index (χ4v) is 2.45. The van der Waals surface area contributed by atoms with Crippen LogP contribution in [0.1, 0.15) is 39.0 Å². The molecule has 1 atom stereocenters. The van der Waals surface area contributed by atoms with Gasteiger partial charge >= 0.3 is 0 Å². The van der Waals surface area contributed by atoms with Gasteiger partial charge in [0.1, 0.15) is 0 Å². The Bertz CT molecular complexity index is 434. The number of rotatable bonds is 10. The van der Waals surface area contributed by atoms with Crippen LogP contribution in [-0.2, 0) is 0 Å². The molecule has 0 radical (unpaired) electrons. The van der Waals surface area contributed by atoms with Gasteiger partial charge in [0, 0.05) is 11.6 Å². The maximum Gasteiger partial charge on any atom is 0.161 e. The minimum atomic E-state index is -0.147. The van der Waals surface area contributed by atoms with E-state index in [1.54, 1.807) is 7.11 Å². The van der Waals surface area contributed by atoms with Crippen LogP contribution in [0.2, 0.25) is 0 Å². The molecule has 4 heteroatoms. The highest BCUT2D eigenvalue weighted by atomic mass is 16.5. The smallest absolute Gasteiger partial charge is 0.161 e. The second-order valence-electron chi connectivity index (χ2n) is 6.09. The standard InChI is InChI=1S/C17H27NO3/c1-17(13-19,18-14-9-10-14)11-5-6-12-21-16-8-4-3-7-15(16)20-2/h3-4,7-8,14,18-19H,5-6,9-13H2,1-2H3. The second-order valence-corrected chi connectivity index (χ2v) is 6.09. The van der Waals surface area contributed by atoms with Gasteiger partial charge in [-0.25, -0.2) is 0 Å². The molecule has 0 aromatic heterocycles. The van der Waals surface area contributed by atoms with Crippen LogP contribution in [0.15, 0.2) is 24.3 Å². The van der Waals surface area contributed by atoms with Crippen molar-refractivity contribution in [3.8, 4) is 11.5 Å². The van der Waals surface area contributed by atoms with Gasteiger partial charge in [-0.05, 0) is 51.2 Å². The SMILES string of the molecule is COc1ccccc1OCCCCC(C)(CO)NC1CC1. The summed E-state index contributed by atoms with van der Waals surface area (Å²) >= 11 is 0. The second kappa shape index (κ2) is 7.66. The van der Waals surface area contributed by atoms with Crippen molar-refractivity contribution >= 4 is 0 Å². The van der Waals surface area contributed by atoms with Gasteiger partial charge in [-0.2, -0.15) is 0 Å². The first kappa shape index (κ1) is 16.1. The Morgan fingerprint density at radius 2 is 1.95 bits per heavy atom. The van der Waals surface area contributed by atoms with Crippen molar-refractivity contribution in [3.63, 3.8) is 0 Å². The Hall–Kier alpha value is -1.26. The highest BCUT2D eigenvalue weighted by Gasteiger charge is 2.31. The first-order chi connectivity index (χ1) is 10.2. The van der Waals surface area contributed by atoms with E-state index >= 15 is 0 Å². The third kappa shape index (κ3) is 5.21. The summed E-state index contributed by atoms with van der Waals surface area (Å²) in [5.74, 6) is 1.56. The number of benzene rings is 1. The van der Waals surface area contributed by atoms with Crippen LogP contribution in [0.3, 0.4) is 0 Å². The van der Waals surface area contributed by atoms with Crippen LogP contribution in [0.4, 0.5) is 0 Å². The predicted octanol–water partition coefficient (Wildman–Crippen LogP) is 2.75. The Balaban J connectivity index is 1.67. The van der Waals surface area contributed by atoms with E-state index in [-0.39, 0.29) is 12.1 Å². The molecule has 0 saturated heterocycles. The number of hydrogen-bond acceptors (Lipinski definition) is 4. The van der Waals surface area contributed by atoms with E-state index in [2.05, 4.69) is 12.2 Å².